The van der Waals surface area contributed by atoms with Gasteiger partial charge in [0.05, 0.1) is 10.6 Å². The molecular weight excluding hydrogens is 278 g/mol. The smallest absolute Gasteiger partial charge is 0.178 e. The molecular formula is C14H21NO2S2. The molecule has 106 valence electrons. The van der Waals surface area contributed by atoms with E-state index in [1.54, 1.807) is 12.1 Å². The molecule has 0 amide bonds. The molecule has 2 unspecified atom stereocenters. The molecule has 1 aliphatic rings. The minimum absolute atomic E-state index is 0.164. The quantitative estimate of drug-likeness (QED) is 0.908. The Morgan fingerprint density at radius 3 is 2.89 bits per heavy atom. The Balaban J connectivity index is 2.16. The van der Waals surface area contributed by atoms with Crippen LogP contribution in [0.25, 0.3) is 0 Å². The van der Waals surface area contributed by atoms with Crippen LogP contribution < -0.4 is 5.32 Å². The Kier molecular flexibility index (Phi) is 4.92. The summed E-state index contributed by atoms with van der Waals surface area (Å²) in [6.07, 6.45) is 3.88. The molecule has 19 heavy (non-hydrogen) atoms. The van der Waals surface area contributed by atoms with Crippen molar-refractivity contribution < 1.29 is 8.42 Å². The lowest BCUT2D eigenvalue weighted by molar-refractivity contribution is 0.426. The third-order valence-electron chi connectivity index (χ3n) is 3.55. The highest BCUT2D eigenvalue weighted by molar-refractivity contribution is 7.98. The minimum atomic E-state index is -3.07. The molecule has 2 atom stereocenters. The van der Waals surface area contributed by atoms with Crippen LogP contribution in [-0.4, -0.2) is 32.2 Å². The second-order valence-corrected chi connectivity index (χ2v) is 8.11. The normalized spacial score (nSPS) is 22.7. The van der Waals surface area contributed by atoms with Crippen LogP contribution >= 0.6 is 11.8 Å². The predicted molar refractivity (Wildman–Crippen MR) is 81.4 cm³/mol. The first kappa shape index (κ1) is 14.9. The van der Waals surface area contributed by atoms with Crippen LogP contribution in [0.2, 0.25) is 0 Å². The maximum absolute atomic E-state index is 12.0. The van der Waals surface area contributed by atoms with Gasteiger partial charge in [0, 0.05) is 12.1 Å². The van der Waals surface area contributed by atoms with Gasteiger partial charge in [0.25, 0.3) is 0 Å². The van der Waals surface area contributed by atoms with E-state index in [9.17, 15) is 8.42 Å². The van der Waals surface area contributed by atoms with E-state index in [-0.39, 0.29) is 11.8 Å². The van der Waals surface area contributed by atoms with E-state index in [1.165, 1.54) is 0 Å². The van der Waals surface area contributed by atoms with Crippen molar-refractivity contribution in [1.82, 2.24) is 5.32 Å². The van der Waals surface area contributed by atoms with E-state index < -0.39 is 9.84 Å². The van der Waals surface area contributed by atoms with Crippen LogP contribution in [0.1, 0.15) is 31.4 Å². The van der Waals surface area contributed by atoms with Gasteiger partial charge in [0.1, 0.15) is 0 Å². The monoisotopic (exact) mass is 299 g/mol. The molecule has 3 nitrogen and oxygen atoms in total. The predicted octanol–water partition coefficient (Wildman–Crippen LogP) is 2.64. The zero-order chi connectivity index (χ0) is 13.9. The Morgan fingerprint density at radius 2 is 2.16 bits per heavy atom. The van der Waals surface area contributed by atoms with Crippen LogP contribution in [0.15, 0.2) is 29.2 Å². The lowest BCUT2D eigenvalue weighted by atomic mass is 10.0. The van der Waals surface area contributed by atoms with E-state index in [4.69, 9.17) is 0 Å². The van der Waals surface area contributed by atoms with Crippen molar-refractivity contribution >= 4 is 21.6 Å². The largest absolute Gasteiger partial charge is 0.307 e. The number of rotatable bonds is 5. The molecule has 2 rings (SSSR count). The van der Waals surface area contributed by atoms with Crippen molar-refractivity contribution in [3.05, 3.63) is 29.8 Å². The first-order valence-corrected chi connectivity index (χ1v) is 9.66. The fourth-order valence-corrected chi connectivity index (χ4v) is 4.70. The third kappa shape index (κ3) is 3.52. The molecule has 1 N–H and O–H groups in total. The molecule has 0 bridgehead atoms. The first-order valence-electron chi connectivity index (χ1n) is 6.61. The Morgan fingerprint density at radius 1 is 1.42 bits per heavy atom. The lowest BCUT2D eigenvalue weighted by Crippen LogP contribution is -2.35. The molecule has 1 heterocycles. The summed E-state index contributed by atoms with van der Waals surface area (Å²) < 4.78 is 24.1. The van der Waals surface area contributed by atoms with E-state index in [2.05, 4.69) is 18.5 Å². The number of hydrogen-bond donors (Lipinski definition) is 1. The standard InChI is InChI=1S/C14H21NO2S2/c1-11(7-9-18-2)15-13-8-10-19(16,17)14-6-4-3-5-12(13)14/h3-6,11,13,15H,7-10H2,1-2H3. The number of nitrogens with one attached hydrogen (secondary N) is 1. The fourth-order valence-electron chi connectivity index (χ4n) is 2.48. The van der Waals surface area contributed by atoms with Crippen LogP contribution in [0.3, 0.4) is 0 Å². The molecule has 0 saturated heterocycles. The zero-order valence-electron chi connectivity index (χ0n) is 11.4. The summed E-state index contributed by atoms with van der Waals surface area (Å²) in [6.45, 7) is 2.17. The van der Waals surface area contributed by atoms with Gasteiger partial charge >= 0.3 is 0 Å². The van der Waals surface area contributed by atoms with Crippen molar-refractivity contribution in [2.45, 2.75) is 36.7 Å². The average Bonchev–Trinajstić information content (AvgIpc) is 2.40. The van der Waals surface area contributed by atoms with E-state index >= 15 is 0 Å². The second-order valence-electron chi connectivity index (χ2n) is 5.05. The zero-order valence-corrected chi connectivity index (χ0v) is 13.1. The summed E-state index contributed by atoms with van der Waals surface area (Å²) in [5.41, 5.74) is 0.935. The summed E-state index contributed by atoms with van der Waals surface area (Å²) in [5.74, 6) is 1.37. The van der Waals surface area contributed by atoms with Gasteiger partial charge in [-0.05, 0) is 43.4 Å². The number of thioether (sulfide) groups is 1. The van der Waals surface area contributed by atoms with Crippen molar-refractivity contribution in [3.8, 4) is 0 Å². The number of hydrogen-bond acceptors (Lipinski definition) is 4. The molecule has 0 radical (unpaired) electrons. The molecule has 1 aromatic carbocycles. The minimum Gasteiger partial charge on any atom is -0.307 e. The molecule has 1 aliphatic heterocycles. The van der Waals surface area contributed by atoms with Crippen molar-refractivity contribution in [3.63, 3.8) is 0 Å². The highest BCUT2D eigenvalue weighted by atomic mass is 32.2. The SMILES string of the molecule is CSCCC(C)NC1CCS(=O)(=O)c2ccccc21. The molecule has 0 aliphatic carbocycles. The van der Waals surface area contributed by atoms with Crippen molar-refractivity contribution in [1.29, 1.82) is 0 Å². The second kappa shape index (κ2) is 6.29. The molecule has 0 spiro atoms. The molecule has 0 saturated carbocycles. The fraction of sp³-hybridized carbons (Fsp3) is 0.571. The van der Waals surface area contributed by atoms with Gasteiger partial charge in [0.2, 0.25) is 0 Å². The topological polar surface area (TPSA) is 46.2 Å². The number of fused-ring (bicyclic) bond motifs is 1. The first-order chi connectivity index (χ1) is 9.04. The summed E-state index contributed by atoms with van der Waals surface area (Å²) in [6, 6.07) is 7.95. The number of benzene rings is 1. The van der Waals surface area contributed by atoms with E-state index in [0.717, 1.165) is 17.7 Å². The van der Waals surface area contributed by atoms with Crippen LogP contribution in [0.4, 0.5) is 0 Å². The van der Waals surface area contributed by atoms with E-state index in [1.807, 2.05) is 23.9 Å². The molecule has 0 fully saturated rings. The van der Waals surface area contributed by atoms with Crippen LogP contribution in [0, 0.1) is 0 Å². The third-order valence-corrected chi connectivity index (χ3v) is 6.00. The van der Waals surface area contributed by atoms with Gasteiger partial charge in [0.15, 0.2) is 9.84 Å². The number of sulfone groups is 1. The summed E-state index contributed by atoms with van der Waals surface area (Å²) in [5, 5.41) is 3.57. The van der Waals surface area contributed by atoms with Gasteiger partial charge in [-0.25, -0.2) is 8.42 Å². The Bertz CT molecular complexity index is 528. The van der Waals surface area contributed by atoms with Gasteiger partial charge < -0.3 is 5.32 Å². The Labute approximate surface area is 120 Å². The van der Waals surface area contributed by atoms with Gasteiger partial charge in [-0.3, -0.25) is 0 Å². The average molecular weight is 299 g/mol. The Hall–Kier alpha value is -0.520. The lowest BCUT2D eigenvalue weighted by Gasteiger charge is -2.29. The summed E-state index contributed by atoms with van der Waals surface area (Å²) in [4.78, 5) is 0.510. The highest BCUT2D eigenvalue weighted by Gasteiger charge is 2.30. The molecule has 0 aromatic heterocycles. The van der Waals surface area contributed by atoms with Crippen molar-refractivity contribution in [2.24, 2.45) is 0 Å². The molecule has 1 aromatic rings. The summed E-state index contributed by atoms with van der Waals surface area (Å²) >= 11 is 1.84. The van der Waals surface area contributed by atoms with Crippen LogP contribution in [-0.2, 0) is 9.84 Å². The molecule has 5 heteroatoms. The van der Waals surface area contributed by atoms with Crippen LogP contribution in [0.5, 0.6) is 0 Å². The van der Waals surface area contributed by atoms with E-state index in [0.29, 0.717) is 17.4 Å². The summed E-state index contributed by atoms with van der Waals surface area (Å²) in [7, 11) is -3.07. The van der Waals surface area contributed by atoms with Gasteiger partial charge in [-0.1, -0.05) is 18.2 Å². The van der Waals surface area contributed by atoms with Gasteiger partial charge in [-0.15, -0.1) is 0 Å². The maximum Gasteiger partial charge on any atom is 0.178 e. The van der Waals surface area contributed by atoms with Crippen molar-refractivity contribution in [2.75, 3.05) is 17.8 Å². The van der Waals surface area contributed by atoms with Gasteiger partial charge in [-0.2, -0.15) is 11.8 Å². The highest BCUT2D eigenvalue weighted by Crippen LogP contribution is 2.32. The maximum atomic E-state index is 12.0.